The van der Waals surface area contributed by atoms with Crippen LogP contribution in [0.5, 0.6) is 0 Å². The van der Waals surface area contributed by atoms with Gasteiger partial charge in [-0.25, -0.2) is 4.98 Å². The standard InChI is InChI=1S/C4H5N3S/c5-3(6)4-7-1-2-8-4/h1-2H,(H3,5,6)/p+1. The summed E-state index contributed by atoms with van der Waals surface area (Å²) in [6.07, 6.45) is 1.67. The summed E-state index contributed by atoms with van der Waals surface area (Å²) >= 11 is 1.43. The Morgan fingerprint density at radius 2 is 2.62 bits per heavy atom. The van der Waals surface area contributed by atoms with Gasteiger partial charge in [-0.3, -0.25) is 11.1 Å². The number of aromatic nitrogens is 1. The normalized spacial score (nSPS) is 9.00. The Kier molecular flexibility index (Phi) is 1.26. The minimum atomic E-state index is 0.292. The molecule has 42 valence electrons. The van der Waals surface area contributed by atoms with Gasteiger partial charge in [0.15, 0.2) is 0 Å². The third-order valence-corrected chi connectivity index (χ3v) is 1.50. The average Bonchev–Trinajstić information content (AvgIpc) is 2.12. The van der Waals surface area contributed by atoms with Crippen LogP contribution in [0.3, 0.4) is 0 Å². The zero-order valence-corrected chi connectivity index (χ0v) is 4.98. The van der Waals surface area contributed by atoms with E-state index < -0.39 is 0 Å². The van der Waals surface area contributed by atoms with Crippen molar-refractivity contribution in [1.29, 1.82) is 0 Å². The van der Waals surface area contributed by atoms with Crippen molar-refractivity contribution >= 4 is 17.2 Å². The zero-order valence-electron chi connectivity index (χ0n) is 4.16. The molecule has 0 amide bonds. The molecule has 1 rings (SSSR count). The van der Waals surface area contributed by atoms with E-state index in [-0.39, 0.29) is 0 Å². The lowest BCUT2D eigenvalue weighted by Gasteiger charge is -1.76. The summed E-state index contributed by atoms with van der Waals surface area (Å²) in [5.74, 6) is 0.292. The van der Waals surface area contributed by atoms with Crippen molar-refractivity contribution in [2.45, 2.75) is 0 Å². The van der Waals surface area contributed by atoms with Crippen molar-refractivity contribution in [1.82, 2.24) is 4.98 Å². The van der Waals surface area contributed by atoms with E-state index in [1.807, 2.05) is 5.38 Å². The van der Waals surface area contributed by atoms with Crippen molar-refractivity contribution in [3.05, 3.63) is 16.6 Å². The second-order valence-electron chi connectivity index (χ2n) is 1.29. The van der Waals surface area contributed by atoms with Gasteiger partial charge in [0, 0.05) is 11.6 Å². The lowest BCUT2D eigenvalue weighted by atomic mass is 10.6. The quantitative estimate of drug-likeness (QED) is 0.361. The van der Waals surface area contributed by atoms with Gasteiger partial charge in [-0.15, -0.1) is 11.3 Å². The van der Waals surface area contributed by atoms with Crippen LogP contribution in [-0.2, 0) is 0 Å². The summed E-state index contributed by atoms with van der Waals surface area (Å²) in [6.45, 7) is 0. The molecule has 0 fully saturated rings. The first kappa shape index (κ1) is 5.24. The van der Waals surface area contributed by atoms with Gasteiger partial charge in [-0.2, -0.15) is 0 Å². The van der Waals surface area contributed by atoms with Crippen molar-refractivity contribution in [2.24, 2.45) is 5.73 Å². The molecule has 0 saturated carbocycles. The average molecular weight is 128 g/mol. The van der Waals surface area contributed by atoms with Crippen LogP contribution in [0.4, 0.5) is 0 Å². The number of hydrogen-bond donors (Lipinski definition) is 2. The molecule has 0 aromatic carbocycles. The van der Waals surface area contributed by atoms with Gasteiger partial charge < -0.3 is 0 Å². The van der Waals surface area contributed by atoms with Gasteiger partial charge in [0.05, 0.1) is 0 Å². The Morgan fingerprint density at radius 1 is 1.88 bits per heavy atom. The fraction of sp³-hybridized carbons (Fsp3) is 0. The van der Waals surface area contributed by atoms with Gasteiger partial charge in [-0.05, 0) is 0 Å². The van der Waals surface area contributed by atoms with E-state index in [1.54, 1.807) is 6.20 Å². The van der Waals surface area contributed by atoms with Crippen LogP contribution >= 0.6 is 11.3 Å². The van der Waals surface area contributed by atoms with Crippen LogP contribution in [0, 0.1) is 0 Å². The highest BCUT2D eigenvalue weighted by molar-refractivity contribution is 7.11. The van der Waals surface area contributed by atoms with Crippen LogP contribution in [0.2, 0.25) is 0 Å². The van der Waals surface area contributed by atoms with Crippen LogP contribution < -0.4 is 11.1 Å². The third kappa shape index (κ3) is 0.840. The monoisotopic (exact) mass is 128 g/mol. The molecule has 3 nitrogen and oxygen atoms in total. The lowest BCUT2D eigenvalue weighted by Crippen LogP contribution is -2.46. The topological polar surface area (TPSA) is 64.5 Å². The SMILES string of the molecule is NC(=[NH2+])c1nccs1. The second kappa shape index (κ2) is 1.92. The molecular weight excluding hydrogens is 122 g/mol. The first-order chi connectivity index (χ1) is 3.80. The molecule has 1 aromatic rings. The molecular formula is C4H6N3S+. The first-order valence-corrected chi connectivity index (χ1v) is 2.96. The number of amidine groups is 1. The Morgan fingerprint density at radius 3 is 2.88 bits per heavy atom. The van der Waals surface area contributed by atoms with E-state index >= 15 is 0 Å². The number of hydrogen-bond acceptors (Lipinski definition) is 2. The molecule has 0 bridgehead atoms. The Bertz CT molecular complexity index is 179. The Balaban J connectivity index is 2.93. The third-order valence-electron chi connectivity index (χ3n) is 0.679. The van der Waals surface area contributed by atoms with Gasteiger partial charge in [0.2, 0.25) is 5.01 Å². The number of nitrogens with zero attached hydrogens (tertiary/aromatic N) is 1. The highest BCUT2D eigenvalue weighted by Gasteiger charge is 2.00. The van der Waals surface area contributed by atoms with Crippen molar-refractivity contribution in [2.75, 3.05) is 0 Å². The predicted molar refractivity (Wildman–Crippen MR) is 32.3 cm³/mol. The molecule has 4 N–H and O–H groups in total. The molecule has 0 atom stereocenters. The highest BCUT2D eigenvalue weighted by Crippen LogP contribution is 1.99. The minimum absolute atomic E-state index is 0.292. The Hall–Kier alpha value is -0.900. The first-order valence-electron chi connectivity index (χ1n) is 2.08. The summed E-state index contributed by atoms with van der Waals surface area (Å²) in [7, 11) is 0. The molecule has 1 heterocycles. The fourth-order valence-electron chi connectivity index (χ4n) is 0.366. The van der Waals surface area contributed by atoms with Crippen LogP contribution in [0.25, 0.3) is 0 Å². The maximum absolute atomic E-state index is 5.20. The van der Waals surface area contributed by atoms with E-state index in [2.05, 4.69) is 4.98 Å². The predicted octanol–water partition coefficient (Wildman–Crippen LogP) is -1.39. The zero-order chi connectivity index (χ0) is 5.98. The van der Waals surface area contributed by atoms with Gasteiger partial charge in [0.25, 0.3) is 5.84 Å². The smallest absolute Gasteiger partial charge is 0.285 e. The minimum Gasteiger partial charge on any atom is -0.285 e. The number of rotatable bonds is 1. The van der Waals surface area contributed by atoms with Gasteiger partial charge >= 0.3 is 0 Å². The molecule has 4 heteroatoms. The lowest BCUT2D eigenvalue weighted by molar-refractivity contribution is -0.114. The summed E-state index contributed by atoms with van der Waals surface area (Å²) in [5.41, 5.74) is 5.20. The van der Waals surface area contributed by atoms with E-state index in [0.717, 1.165) is 0 Å². The van der Waals surface area contributed by atoms with E-state index in [9.17, 15) is 0 Å². The second-order valence-corrected chi connectivity index (χ2v) is 2.19. The van der Waals surface area contributed by atoms with Crippen molar-refractivity contribution < 1.29 is 5.41 Å². The molecule has 1 aromatic heterocycles. The van der Waals surface area contributed by atoms with Crippen LogP contribution in [0.1, 0.15) is 5.01 Å². The summed E-state index contributed by atoms with van der Waals surface area (Å²) in [6, 6.07) is 0. The van der Waals surface area contributed by atoms with Crippen molar-refractivity contribution in [3.63, 3.8) is 0 Å². The van der Waals surface area contributed by atoms with E-state index in [0.29, 0.717) is 10.8 Å². The maximum Gasteiger partial charge on any atom is 0.300 e. The van der Waals surface area contributed by atoms with Crippen molar-refractivity contribution in [3.8, 4) is 0 Å². The highest BCUT2D eigenvalue weighted by atomic mass is 32.1. The maximum atomic E-state index is 5.20. The molecule has 0 aliphatic heterocycles. The fourth-order valence-corrected chi connectivity index (χ4v) is 0.874. The Labute approximate surface area is 50.7 Å². The molecule has 0 spiro atoms. The summed E-state index contributed by atoms with van der Waals surface area (Å²) in [5, 5.41) is 7.73. The van der Waals surface area contributed by atoms with Crippen LogP contribution in [-0.4, -0.2) is 10.8 Å². The van der Waals surface area contributed by atoms with E-state index in [1.165, 1.54) is 11.3 Å². The van der Waals surface area contributed by atoms with Gasteiger partial charge in [-0.1, -0.05) is 0 Å². The van der Waals surface area contributed by atoms with E-state index in [4.69, 9.17) is 11.1 Å². The number of thiazole rings is 1. The van der Waals surface area contributed by atoms with Crippen LogP contribution in [0.15, 0.2) is 11.6 Å². The molecule has 0 aliphatic rings. The molecule has 0 radical (unpaired) electrons. The largest absolute Gasteiger partial charge is 0.300 e. The molecule has 0 aliphatic carbocycles. The number of nitrogens with two attached hydrogens (primary N) is 2. The summed E-state index contributed by atoms with van der Waals surface area (Å²) < 4.78 is 0. The summed E-state index contributed by atoms with van der Waals surface area (Å²) in [4.78, 5) is 3.85. The van der Waals surface area contributed by atoms with Gasteiger partial charge in [0.1, 0.15) is 0 Å². The molecule has 0 saturated heterocycles. The molecule has 8 heavy (non-hydrogen) atoms. The molecule has 0 unspecified atom stereocenters.